The molecule has 0 amide bonds. The molecular formula is C7H14OS. The van der Waals surface area contributed by atoms with Crippen molar-refractivity contribution >= 4 is 11.8 Å². The van der Waals surface area contributed by atoms with Crippen LogP contribution in [0.4, 0.5) is 0 Å². The summed E-state index contributed by atoms with van der Waals surface area (Å²) in [4.78, 5) is 0. The highest BCUT2D eigenvalue weighted by molar-refractivity contribution is 8.00. The first kappa shape index (κ1) is 7.42. The zero-order valence-corrected chi connectivity index (χ0v) is 6.82. The van der Waals surface area contributed by atoms with E-state index in [2.05, 4.69) is 13.8 Å². The van der Waals surface area contributed by atoms with Crippen LogP contribution in [-0.2, 0) is 0 Å². The van der Waals surface area contributed by atoms with E-state index in [-0.39, 0.29) is 5.44 Å². The lowest BCUT2D eigenvalue weighted by atomic mass is 10.0. The van der Waals surface area contributed by atoms with Crippen LogP contribution in [0, 0.1) is 5.92 Å². The molecule has 1 N–H and O–H groups in total. The van der Waals surface area contributed by atoms with E-state index in [1.807, 2.05) is 0 Å². The molecule has 0 bridgehead atoms. The van der Waals surface area contributed by atoms with Gasteiger partial charge >= 0.3 is 0 Å². The zero-order chi connectivity index (χ0) is 6.85. The molecule has 0 spiro atoms. The summed E-state index contributed by atoms with van der Waals surface area (Å²) in [5.41, 5.74) is -0.0788. The van der Waals surface area contributed by atoms with E-state index in [1.165, 1.54) is 6.42 Å². The first-order valence-electron chi connectivity index (χ1n) is 3.57. The standard InChI is InChI=1S/C7H14OS/c1-3-6-5(2)4-7(8)9-6/h5-8H,3-4H2,1-2H3/t5-,6+,7?/m0/s1. The molecule has 0 saturated carbocycles. The lowest BCUT2D eigenvalue weighted by Crippen LogP contribution is -2.04. The molecule has 1 saturated heterocycles. The van der Waals surface area contributed by atoms with Crippen LogP contribution in [0.15, 0.2) is 0 Å². The Morgan fingerprint density at radius 1 is 1.67 bits per heavy atom. The predicted molar refractivity (Wildman–Crippen MR) is 41.5 cm³/mol. The van der Waals surface area contributed by atoms with Gasteiger partial charge in [-0.1, -0.05) is 13.8 Å². The number of aliphatic hydroxyl groups is 1. The van der Waals surface area contributed by atoms with Crippen LogP contribution in [-0.4, -0.2) is 15.8 Å². The van der Waals surface area contributed by atoms with Gasteiger partial charge < -0.3 is 5.11 Å². The van der Waals surface area contributed by atoms with Crippen LogP contribution in [0.5, 0.6) is 0 Å². The van der Waals surface area contributed by atoms with Crippen LogP contribution in [0.1, 0.15) is 26.7 Å². The Kier molecular flexibility index (Phi) is 2.42. The van der Waals surface area contributed by atoms with Crippen molar-refractivity contribution in [2.45, 2.75) is 37.4 Å². The summed E-state index contributed by atoms with van der Waals surface area (Å²) in [5, 5.41) is 9.87. The molecule has 9 heavy (non-hydrogen) atoms. The van der Waals surface area contributed by atoms with E-state index in [0.717, 1.165) is 12.3 Å². The van der Waals surface area contributed by atoms with Crippen molar-refractivity contribution in [2.24, 2.45) is 5.92 Å². The lowest BCUT2D eigenvalue weighted by Gasteiger charge is -2.08. The average molecular weight is 146 g/mol. The van der Waals surface area contributed by atoms with Gasteiger partial charge in [0.15, 0.2) is 0 Å². The largest absolute Gasteiger partial charge is 0.382 e. The van der Waals surface area contributed by atoms with E-state index in [0.29, 0.717) is 5.25 Å². The Hall–Kier alpha value is 0.310. The maximum Gasteiger partial charge on any atom is 0.0998 e. The Morgan fingerprint density at radius 2 is 2.33 bits per heavy atom. The maximum atomic E-state index is 9.16. The second-order valence-electron chi connectivity index (χ2n) is 2.75. The third-order valence-corrected chi connectivity index (χ3v) is 3.60. The highest BCUT2D eigenvalue weighted by Crippen LogP contribution is 2.38. The van der Waals surface area contributed by atoms with E-state index < -0.39 is 0 Å². The topological polar surface area (TPSA) is 20.2 Å². The van der Waals surface area contributed by atoms with Gasteiger partial charge in [-0.3, -0.25) is 0 Å². The molecule has 1 fully saturated rings. The first-order chi connectivity index (χ1) is 4.24. The second kappa shape index (κ2) is 2.93. The monoisotopic (exact) mass is 146 g/mol. The molecule has 0 radical (unpaired) electrons. The van der Waals surface area contributed by atoms with E-state index in [9.17, 15) is 0 Å². The van der Waals surface area contributed by atoms with Crippen molar-refractivity contribution in [1.82, 2.24) is 0 Å². The summed E-state index contributed by atoms with van der Waals surface area (Å²) in [5.74, 6) is 0.718. The van der Waals surface area contributed by atoms with Gasteiger partial charge in [-0.05, 0) is 18.8 Å². The van der Waals surface area contributed by atoms with Gasteiger partial charge in [0.1, 0.15) is 0 Å². The molecular weight excluding hydrogens is 132 g/mol. The second-order valence-corrected chi connectivity index (χ2v) is 4.17. The van der Waals surface area contributed by atoms with Crippen molar-refractivity contribution in [1.29, 1.82) is 0 Å². The van der Waals surface area contributed by atoms with Gasteiger partial charge in [0, 0.05) is 5.25 Å². The van der Waals surface area contributed by atoms with Crippen molar-refractivity contribution in [2.75, 3.05) is 0 Å². The van der Waals surface area contributed by atoms with Crippen molar-refractivity contribution < 1.29 is 5.11 Å². The van der Waals surface area contributed by atoms with Gasteiger partial charge in [-0.25, -0.2) is 0 Å². The highest BCUT2D eigenvalue weighted by atomic mass is 32.2. The fourth-order valence-corrected chi connectivity index (χ4v) is 2.75. The predicted octanol–water partition coefficient (Wildman–Crippen LogP) is 1.86. The molecule has 0 aromatic carbocycles. The van der Waals surface area contributed by atoms with Crippen LogP contribution in [0.25, 0.3) is 0 Å². The van der Waals surface area contributed by atoms with Gasteiger partial charge in [-0.2, -0.15) is 0 Å². The summed E-state index contributed by atoms with van der Waals surface area (Å²) in [6, 6.07) is 0. The van der Waals surface area contributed by atoms with E-state index >= 15 is 0 Å². The van der Waals surface area contributed by atoms with Gasteiger partial charge in [0.05, 0.1) is 5.44 Å². The summed E-state index contributed by atoms with van der Waals surface area (Å²) < 4.78 is 0. The minimum Gasteiger partial charge on any atom is -0.382 e. The molecule has 1 unspecified atom stereocenters. The maximum absolute atomic E-state index is 9.16. The van der Waals surface area contributed by atoms with Gasteiger partial charge in [0.2, 0.25) is 0 Å². The average Bonchev–Trinajstić information content (AvgIpc) is 2.10. The summed E-state index contributed by atoms with van der Waals surface area (Å²) in [6.45, 7) is 4.41. The molecule has 1 aliphatic rings. The number of hydrogen-bond acceptors (Lipinski definition) is 2. The lowest BCUT2D eigenvalue weighted by molar-refractivity contribution is 0.243. The highest BCUT2D eigenvalue weighted by Gasteiger charge is 2.28. The normalized spacial score (nSPS) is 43.7. The third-order valence-electron chi connectivity index (χ3n) is 1.94. The molecule has 1 nitrogen and oxygen atoms in total. The smallest absolute Gasteiger partial charge is 0.0998 e. The minimum atomic E-state index is -0.0788. The Morgan fingerprint density at radius 3 is 2.56 bits per heavy atom. The van der Waals surface area contributed by atoms with Crippen molar-refractivity contribution in [3.8, 4) is 0 Å². The van der Waals surface area contributed by atoms with E-state index in [4.69, 9.17) is 5.11 Å². The summed E-state index contributed by atoms with van der Waals surface area (Å²) in [6.07, 6.45) is 2.19. The molecule has 0 aromatic rings. The SMILES string of the molecule is CC[C@H]1SC(O)C[C@@H]1C. The third kappa shape index (κ3) is 1.62. The molecule has 1 aliphatic heterocycles. The van der Waals surface area contributed by atoms with Crippen LogP contribution >= 0.6 is 11.8 Å². The zero-order valence-electron chi connectivity index (χ0n) is 6.00. The number of aliphatic hydroxyl groups excluding tert-OH is 1. The Labute approximate surface area is 60.8 Å². The van der Waals surface area contributed by atoms with Crippen molar-refractivity contribution in [3.63, 3.8) is 0 Å². The van der Waals surface area contributed by atoms with Crippen LogP contribution in [0.3, 0.4) is 0 Å². The van der Waals surface area contributed by atoms with Crippen LogP contribution < -0.4 is 0 Å². The molecule has 0 aliphatic carbocycles. The minimum absolute atomic E-state index is 0.0788. The quantitative estimate of drug-likeness (QED) is 0.609. The Balaban J connectivity index is 2.38. The molecule has 1 heterocycles. The number of thioether (sulfide) groups is 1. The first-order valence-corrected chi connectivity index (χ1v) is 4.51. The van der Waals surface area contributed by atoms with Gasteiger partial charge in [0.25, 0.3) is 0 Å². The van der Waals surface area contributed by atoms with Gasteiger partial charge in [-0.15, -0.1) is 11.8 Å². The van der Waals surface area contributed by atoms with Crippen LogP contribution in [0.2, 0.25) is 0 Å². The van der Waals surface area contributed by atoms with Crippen molar-refractivity contribution in [3.05, 3.63) is 0 Å². The number of rotatable bonds is 1. The Bertz CT molecular complexity index is 94.9. The van der Waals surface area contributed by atoms with E-state index in [1.54, 1.807) is 11.8 Å². The molecule has 54 valence electrons. The fraction of sp³-hybridized carbons (Fsp3) is 1.00. The fourth-order valence-electron chi connectivity index (χ4n) is 1.36. The molecule has 2 heteroatoms. The molecule has 3 atom stereocenters. The number of hydrogen-bond donors (Lipinski definition) is 1. The summed E-state index contributed by atoms with van der Waals surface area (Å²) in [7, 11) is 0. The molecule has 1 rings (SSSR count). The summed E-state index contributed by atoms with van der Waals surface area (Å²) >= 11 is 1.73. The molecule has 0 aromatic heterocycles.